The Bertz CT molecular complexity index is 831. The largest absolute Gasteiger partial charge is 0.484 e. The molecule has 2 aromatic carbocycles. The minimum absolute atomic E-state index is 0.0915. The number of nitrogens with one attached hydrogen (secondary N) is 1. The molecule has 1 atom stereocenters. The number of para-hydroxylation sites is 1. The molecule has 0 aliphatic carbocycles. The number of carbonyl (C=O) groups is 2. The van der Waals surface area contributed by atoms with Gasteiger partial charge in [-0.1, -0.05) is 47.5 Å². The van der Waals surface area contributed by atoms with E-state index in [1.807, 2.05) is 39.0 Å². The van der Waals surface area contributed by atoms with Crippen LogP contribution in [-0.2, 0) is 16.1 Å². The molecule has 0 unspecified atom stereocenters. The van der Waals surface area contributed by atoms with Gasteiger partial charge in [-0.05, 0) is 52.0 Å². The summed E-state index contributed by atoms with van der Waals surface area (Å²) in [6.07, 6.45) is 0. The summed E-state index contributed by atoms with van der Waals surface area (Å²) in [6.45, 7) is 7.20. The molecular weight excluding hydrogens is 411 g/mol. The zero-order valence-corrected chi connectivity index (χ0v) is 18.6. The summed E-state index contributed by atoms with van der Waals surface area (Å²) in [5.41, 5.74) is 0.155. The molecule has 0 aliphatic heterocycles. The molecule has 1 N–H and O–H groups in total. The van der Waals surface area contributed by atoms with Gasteiger partial charge in [-0.3, -0.25) is 9.59 Å². The number of ether oxygens (including phenoxy) is 1. The maximum absolute atomic E-state index is 13.0. The Morgan fingerprint density at radius 3 is 2.17 bits per heavy atom. The fourth-order valence-electron chi connectivity index (χ4n) is 2.66. The predicted molar refractivity (Wildman–Crippen MR) is 116 cm³/mol. The lowest BCUT2D eigenvalue weighted by atomic mass is 10.1. The number of hydrogen-bond acceptors (Lipinski definition) is 3. The monoisotopic (exact) mass is 436 g/mol. The van der Waals surface area contributed by atoms with Gasteiger partial charge in [-0.2, -0.15) is 0 Å². The van der Waals surface area contributed by atoms with Crippen LogP contribution >= 0.6 is 23.2 Å². The smallest absolute Gasteiger partial charge is 0.261 e. The van der Waals surface area contributed by atoms with Crippen LogP contribution in [0, 0.1) is 0 Å². The van der Waals surface area contributed by atoms with E-state index in [1.54, 1.807) is 37.3 Å². The average Bonchev–Trinajstić information content (AvgIpc) is 2.65. The highest BCUT2D eigenvalue weighted by molar-refractivity contribution is 6.36. The molecule has 0 aromatic heterocycles. The third-order valence-corrected chi connectivity index (χ3v) is 4.87. The number of benzene rings is 2. The molecule has 5 nitrogen and oxygen atoms in total. The minimum atomic E-state index is -0.742. The number of nitrogens with zero attached hydrogens (tertiary/aromatic N) is 1. The standard InChI is InChI=1S/C22H26Cl2N2O3/c1-15(21(28)25-22(2,3)4)26(13-17-18(23)11-8-12-19(17)24)20(27)14-29-16-9-6-5-7-10-16/h5-12,15H,13-14H2,1-4H3,(H,25,28)/t15-/m1/s1. The van der Waals surface area contributed by atoms with Crippen molar-refractivity contribution in [1.82, 2.24) is 10.2 Å². The first-order chi connectivity index (χ1) is 13.6. The quantitative estimate of drug-likeness (QED) is 0.683. The summed E-state index contributed by atoms with van der Waals surface area (Å²) >= 11 is 12.6. The van der Waals surface area contributed by atoms with Crippen LogP contribution in [0.5, 0.6) is 5.75 Å². The van der Waals surface area contributed by atoms with E-state index in [1.165, 1.54) is 4.90 Å². The second kappa shape index (κ2) is 9.99. The normalized spacial score (nSPS) is 12.2. The van der Waals surface area contributed by atoms with Gasteiger partial charge < -0.3 is 15.0 Å². The van der Waals surface area contributed by atoms with Crippen LogP contribution in [0.4, 0.5) is 0 Å². The highest BCUT2D eigenvalue weighted by atomic mass is 35.5. The highest BCUT2D eigenvalue weighted by Crippen LogP contribution is 2.26. The Kier molecular flexibility index (Phi) is 7.94. The molecule has 2 aromatic rings. The highest BCUT2D eigenvalue weighted by Gasteiger charge is 2.29. The zero-order valence-electron chi connectivity index (χ0n) is 17.0. The van der Waals surface area contributed by atoms with Gasteiger partial charge in [-0.15, -0.1) is 0 Å². The molecule has 0 fully saturated rings. The third-order valence-electron chi connectivity index (χ3n) is 4.16. The molecule has 2 amide bonds. The van der Waals surface area contributed by atoms with E-state index < -0.39 is 11.6 Å². The van der Waals surface area contributed by atoms with Crippen LogP contribution in [-0.4, -0.2) is 34.9 Å². The Morgan fingerprint density at radius 2 is 1.62 bits per heavy atom. The van der Waals surface area contributed by atoms with Gasteiger partial charge >= 0.3 is 0 Å². The Balaban J connectivity index is 2.24. The van der Waals surface area contributed by atoms with Gasteiger partial charge in [0.2, 0.25) is 5.91 Å². The van der Waals surface area contributed by atoms with Crippen molar-refractivity contribution >= 4 is 35.0 Å². The van der Waals surface area contributed by atoms with Gasteiger partial charge in [0, 0.05) is 27.7 Å². The number of rotatable bonds is 7. The maximum atomic E-state index is 13.0. The van der Waals surface area contributed by atoms with Crippen LogP contribution in [0.1, 0.15) is 33.3 Å². The molecule has 0 bridgehead atoms. The number of halogens is 2. The van der Waals surface area contributed by atoms with E-state index in [9.17, 15) is 9.59 Å². The van der Waals surface area contributed by atoms with E-state index in [4.69, 9.17) is 27.9 Å². The van der Waals surface area contributed by atoms with Gasteiger partial charge in [0.05, 0.1) is 0 Å². The van der Waals surface area contributed by atoms with Crippen molar-refractivity contribution < 1.29 is 14.3 Å². The van der Waals surface area contributed by atoms with Crippen molar-refractivity contribution in [3.8, 4) is 5.75 Å². The van der Waals surface area contributed by atoms with Crippen molar-refractivity contribution in [3.05, 3.63) is 64.1 Å². The summed E-state index contributed by atoms with van der Waals surface area (Å²) in [7, 11) is 0. The topological polar surface area (TPSA) is 58.6 Å². The van der Waals surface area contributed by atoms with E-state index >= 15 is 0 Å². The molecule has 0 saturated carbocycles. The first kappa shape index (κ1) is 23.0. The Morgan fingerprint density at radius 1 is 1.03 bits per heavy atom. The van der Waals surface area contributed by atoms with Crippen molar-refractivity contribution in [2.24, 2.45) is 0 Å². The summed E-state index contributed by atoms with van der Waals surface area (Å²) in [5, 5.41) is 3.77. The van der Waals surface area contributed by atoms with Crippen LogP contribution < -0.4 is 10.1 Å². The van der Waals surface area contributed by atoms with Crippen LogP contribution in [0.3, 0.4) is 0 Å². The number of carbonyl (C=O) groups excluding carboxylic acids is 2. The number of hydrogen-bond donors (Lipinski definition) is 1. The van der Waals surface area contributed by atoms with Crippen molar-refractivity contribution in [2.75, 3.05) is 6.61 Å². The van der Waals surface area contributed by atoms with Crippen molar-refractivity contribution in [3.63, 3.8) is 0 Å². The molecule has 7 heteroatoms. The lowest BCUT2D eigenvalue weighted by molar-refractivity contribution is -0.142. The molecule has 0 spiro atoms. The van der Waals surface area contributed by atoms with Crippen molar-refractivity contribution in [2.45, 2.75) is 45.8 Å². The molecule has 0 aliphatic rings. The first-order valence-electron chi connectivity index (χ1n) is 9.30. The maximum Gasteiger partial charge on any atom is 0.261 e. The second-order valence-electron chi connectivity index (χ2n) is 7.74. The van der Waals surface area contributed by atoms with Gasteiger partial charge in [-0.25, -0.2) is 0 Å². The SMILES string of the molecule is C[C@H](C(=O)NC(C)(C)C)N(Cc1c(Cl)cccc1Cl)C(=O)COc1ccccc1. The van der Waals surface area contributed by atoms with Gasteiger partial charge in [0.15, 0.2) is 6.61 Å². The van der Waals surface area contributed by atoms with E-state index in [0.29, 0.717) is 21.4 Å². The number of amides is 2. The molecular formula is C22H26Cl2N2O3. The average molecular weight is 437 g/mol. The van der Waals surface area contributed by atoms with Gasteiger partial charge in [0.25, 0.3) is 5.91 Å². The van der Waals surface area contributed by atoms with Crippen LogP contribution in [0.2, 0.25) is 10.0 Å². The molecule has 0 heterocycles. The van der Waals surface area contributed by atoms with E-state index in [-0.39, 0.29) is 25.0 Å². The van der Waals surface area contributed by atoms with E-state index in [0.717, 1.165) is 0 Å². The fourth-order valence-corrected chi connectivity index (χ4v) is 3.17. The molecule has 0 saturated heterocycles. The molecule has 29 heavy (non-hydrogen) atoms. The molecule has 2 rings (SSSR count). The third kappa shape index (κ3) is 6.94. The molecule has 156 valence electrons. The molecule has 0 radical (unpaired) electrons. The predicted octanol–water partition coefficient (Wildman–Crippen LogP) is 4.70. The zero-order chi connectivity index (χ0) is 21.6. The summed E-state index contributed by atoms with van der Waals surface area (Å²) in [4.78, 5) is 27.1. The second-order valence-corrected chi connectivity index (χ2v) is 8.55. The summed E-state index contributed by atoms with van der Waals surface area (Å²) < 4.78 is 5.59. The van der Waals surface area contributed by atoms with Crippen LogP contribution in [0.25, 0.3) is 0 Å². The summed E-state index contributed by atoms with van der Waals surface area (Å²) in [6, 6.07) is 13.4. The van der Waals surface area contributed by atoms with Crippen molar-refractivity contribution in [1.29, 1.82) is 0 Å². The lowest BCUT2D eigenvalue weighted by Gasteiger charge is -2.31. The van der Waals surface area contributed by atoms with Gasteiger partial charge in [0.1, 0.15) is 11.8 Å². The lowest BCUT2D eigenvalue weighted by Crippen LogP contribution is -2.53. The first-order valence-corrected chi connectivity index (χ1v) is 10.1. The minimum Gasteiger partial charge on any atom is -0.484 e. The van der Waals surface area contributed by atoms with Crippen LogP contribution in [0.15, 0.2) is 48.5 Å². The Hall–Kier alpha value is -2.24. The summed E-state index contributed by atoms with van der Waals surface area (Å²) in [5.74, 6) is -0.0430. The Labute approximate surface area is 181 Å². The van der Waals surface area contributed by atoms with E-state index in [2.05, 4.69) is 5.32 Å². The fraction of sp³-hybridized carbons (Fsp3) is 0.364.